The van der Waals surface area contributed by atoms with Crippen LogP contribution >= 0.6 is 11.3 Å². The molecule has 0 radical (unpaired) electrons. The van der Waals surface area contributed by atoms with Gasteiger partial charge in [0, 0.05) is 22.8 Å². The number of fused-ring (bicyclic) bond motifs is 1. The summed E-state index contributed by atoms with van der Waals surface area (Å²) in [7, 11) is 1.59. The number of thiophene rings is 1. The van der Waals surface area contributed by atoms with Crippen molar-refractivity contribution in [2.75, 3.05) is 12.4 Å². The lowest BCUT2D eigenvalue weighted by molar-refractivity contribution is 0.0460. The van der Waals surface area contributed by atoms with Crippen molar-refractivity contribution in [3.63, 3.8) is 0 Å². The number of hydrogen-bond acceptors (Lipinski definition) is 9. The third-order valence-electron chi connectivity index (χ3n) is 5.66. The zero-order valence-electron chi connectivity index (χ0n) is 18.9. The monoisotopic (exact) mass is 490 g/mol. The van der Waals surface area contributed by atoms with Gasteiger partial charge in [-0.05, 0) is 67.6 Å². The zero-order valence-corrected chi connectivity index (χ0v) is 19.8. The molecule has 10 heteroatoms. The molecule has 3 aromatic heterocycles. The number of anilines is 1. The number of nitrogens with one attached hydrogen (secondary N) is 1. The van der Waals surface area contributed by atoms with E-state index in [9.17, 15) is 9.59 Å². The first-order valence-corrected chi connectivity index (χ1v) is 11.9. The highest BCUT2D eigenvalue weighted by Gasteiger charge is 2.28. The number of aryl methyl sites for hydroxylation is 1. The SMILES string of the molecule is COc1ccc(-c2nc(COC(=O)c3c(NC(=O)c4cccnc4)sc4c3CCCC4)no2)cc1. The molecule has 0 saturated carbocycles. The summed E-state index contributed by atoms with van der Waals surface area (Å²) in [5, 5.41) is 7.28. The molecule has 1 aliphatic rings. The standard InChI is InChI=1S/C25H22N4O5S/c1-32-17-10-8-15(9-11-17)23-27-20(29-34-23)14-33-25(31)21-18-6-2-3-7-19(18)35-24(21)28-22(30)16-5-4-12-26-13-16/h4-5,8-13H,2-3,6-7,14H2,1H3,(H,28,30). The summed E-state index contributed by atoms with van der Waals surface area (Å²) in [6, 6.07) is 10.5. The van der Waals surface area contributed by atoms with Gasteiger partial charge in [0.1, 0.15) is 10.8 Å². The Morgan fingerprint density at radius 3 is 2.74 bits per heavy atom. The molecule has 1 aromatic carbocycles. The lowest BCUT2D eigenvalue weighted by Crippen LogP contribution is -2.16. The number of benzene rings is 1. The Balaban J connectivity index is 1.32. The van der Waals surface area contributed by atoms with Crippen molar-refractivity contribution in [2.45, 2.75) is 32.3 Å². The normalized spacial score (nSPS) is 12.6. The van der Waals surface area contributed by atoms with Gasteiger partial charge in [0.25, 0.3) is 11.8 Å². The summed E-state index contributed by atoms with van der Waals surface area (Å²) >= 11 is 1.43. The zero-order chi connectivity index (χ0) is 24.2. The molecule has 4 aromatic rings. The minimum Gasteiger partial charge on any atom is -0.497 e. The van der Waals surface area contributed by atoms with Gasteiger partial charge in [0.15, 0.2) is 6.61 Å². The summed E-state index contributed by atoms with van der Waals surface area (Å²) in [5.74, 6) is 0.424. The van der Waals surface area contributed by atoms with Crippen molar-refractivity contribution in [1.29, 1.82) is 0 Å². The Kier molecular flexibility index (Phi) is 6.53. The Labute approximate surface area is 205 Å². The number of amides is 1. The molecular weight excluding hydrogens is 468 g/mol. The first-order valence-electron chi connectivity index (χ1n) is 11.1. The van der Waals surface area contributed by atoms with Gasteiger partial charge < -0.3 is 19.3 Å². The number of hydrogen-bond donors (Lipinski definition) is 1. The number of methoxy groups -OCH3 is 1. The Bertz CT molecular complexity index is 1350. The lowest BCUT2D eigenvalue weighted by Gasteiger charge is -2.12. The van der Waals surface area contributed by atoms with Gasteiger partial charge in [-0.3, -0.25) is 9.78 Å². The molecule has 1 amide bonds. The summed E-state index contributed by atoms with van der Waals surface area (Å²) in [6.07, 6.45) is 6.76. The minimum atomic E-state index is -0.526. The highest BCUT2D eigenvalue weighted by atomic mass is 32.1. The molecule has 0 aliphatic heterocycles. The molecule has 0 unspecified atom stereocenters. The van der Waals surface area contributed by atoms with Crippen LogP contribution in [0.15, 0.2) is 53.3 Å². The summed E-state index contributed by atoms with van der Waals surface area (Å²) in [5.41, 5.74) is 2.49. The van der Waals surface area contributed by atoms with E-state index in [-0.39, 0.29) is 18.3 Å². The first kappa shape index (κ1) is 22.7. The predicted octanol–water partition coefficient (Wildman–Crippen LogP) is 4.69. The van der Waals surface area contributed by atoms with Gasteiger partial charge in [0.2, 0.25) is 5.82 Å². The van der Waals surface area contributed by atoms with Crippen molar-refractivity contribution in [2.24, 2.45) is 0 Å². The highest BCUT2D eigenvalue weighted by molar-refractivity contribution is 7.17. The van der Waals surface area contributed by atoms with Crippen LogP contribution in [-0.2, 0) is 24.2 Å². The van der Waals surface area contributed by atoms with E-state index in [1.165, 1.54) is 17.5 Å². The van der Waals surface area contributed by atoms with Crippen LogP contribution in [0.5, 0.6) is 5.75 Å². The second-order valence-electron chi connectivity index (χ2n) is 7.93. The first-order chi connectivity index (χ1) is 17.1. The molecule has 0 fully saturated rings. The van der Waals surface area contributed by atoms with Crippen LogP contribution in [-0.4, -0.2) is 34.1 Å². The number of pyridine rings is 1. The van der Waals surface area contributed by atoms with Crippen molar-refractivity contribution >= 4 is 28.2 Å². The number of carbonyl (C=O) groups excluding carboxylic acids is 2. The minimum absolute atomic E-state index is 0.154. The molecule has 0 bridgehead atoms. The molecule has 1 aliphatic carbocycles. The van der Waals surface area contributed by atoms with Crippen molar-refractivity contribution in [1.82, 2.24) is 15.1 Å². The van der Waals surface area contributed by atoms with Crippen molar-refractivity contribution in [3.05, 3.63) is 76.2 Å². The quantitative estimate of drug-likeness (QED) is 0.371. The molecule has 35 heavy (non-hydrogen) atoms. The van der Waals surface area contributed by atoms with Crippen molar-refractivity contribution in [3.8, 4) is 17.2 Å². The van der Waals surface area contributed by atoms with E-state index in [0.717, 1.165) is 41.7 Å². The van der Waals surface area contributed by atoms with Crippen LogP contribution in [0.1, 0.15) is 49.8 Å². The number of rotatable bonds is 7. The van der Waals surface area contributed by atoms with Crippen LogP contribution < -0.4 is 10.1 Å². The Hall–Kier alpha value is -4.05. The lowest BCUT2D eigenvalue weighted by atomic mass is 9.95. The van der Waals surface area contributed by atoms with Gasteiger partial charge in [-0.15, -0.1) is 11.3 Å². The Morgan fingerprint density at radius 2 is 1.97 bits per heavy atom. The van der Waals surface area contributed by atoms with Crippen molar-refractivity contribution < 1.29 is 23.6 Å². The molecule has 1 N–H and O–H groups in total. The van der Waals surface area contributed by atoms with E-state index in [1.54, 1.807) is 49.7 Å². The van der Waals surface area contributed by atoms with E-state index < -0.39 is 5.97 Å². The van der Waals surface area contributed by atoms with Crippen LogP contribution in [0.4, 0.5) is 5.00 Å². The number of aromatic nitrogens is 3. The molecule has 0 saturated heterocycles. The van der Waals surface area contributed by atoms with E-state index in [0.29, 0.717) is 27.8 Å². The molecule has 0 atom stereocenters. The molecule has 5 rings (SSSR count). The molecule has 3 heterocycles. The third-order valence-corrected chi connectivity index (χ3v) is 6.87. The molecule has 178 valence electrons. The predicted molar refractivity (Wildman–Crippen MR) is 129 cm³/mol. The van der Waals surface area contributed by atoms with E-state index in [4.69, 9.17) is 14.0 Å². The fourth-order valence-electron chi connectivity index (χ4n) is 3.91. The maximum absolute atomic E-state index is 13.2. The van der Waals surface area contributed by atoms with Gasteiger partial charge >= 0.3 is 5.97 Å². The molecule has 0 spiro atoms. The van der Waals surface area contributed by atoms with Gasteiger partial charge in [-0.1, -0.05) is 5.16 Å². The third kappa shape index (κ3) is 4.92. The van der Waals surface area contributed by atoms with E-state index in [1.807, 2.05) is 0 Å². The number of carbonyl (C=O) groups is 2. The second-order valence-corrected chi connectivity index (χ2v) is 9.04. The van der Waals surface area contributed by atoms with Crippen LogP contribution in [0.25, 0.3) is 11.5 Å². The van der Waals surface area contributed by atoms with E-state index >= 15 is 0 Å². The number of esters is 1. The fourth-order valence-corrected chi connectivity index (χ4v) is 5.18. The largest absolute Gasteiger partial charge is 0.497 e. The molecular formula is C25H22N4O5S. The maximum Gasteiger partial charge on any atom is 0.341 e. The van der Waals surface area contributed by atoms with Gasteiger partial charge in [0.05, 0.1) is 18.2 Å². The van der Waals surface area contributed by atoms with Crippen LogP contribution in [0.2, 0.25) is 0 Å². The van der Waals surface area contributed by atoms with Gasteiger partial charge in [-0.2, -0.15) is 4.98 Å². The second kappa shape index (κ2) is 10.1. The number of nitrogens with zero attached hydrogens (tertiary/aromatic N) is 3. The average molecular weight is 491 g/mol. The summed E-state index contributed by atoms with van der Waals surface area (Å²) in [4.78, 5) is 35.3. The Morgan fingerprint density at radius 1 is 1.14 bits per heavy atom. The topological polar surface area (TPSA) is 116 Å². The average Bonchev–Trinajstić information content (AvgIpc) is 3.52. The van der Waals surface area contributed by atoms with Crippen LogP contribution in [0.3, 0.4) is 0 Å². The maximum atomic E-state index is 13.2. The highest BCUT2D eigenvalue weighted by Crippen LogP contribution is 2.39. The summed E-state index contributed by atoms with van der Waals surface area (Å²) in [6.45, 7) is -0.154. The van der Waals surface area contributed by atoms with Crippen LogP contribution in [0, 0.1) is 0 Å². The summed E-state index contributed by atoms with van der Waals surface area (Å²) < 4.78 is 16.0. The number of ether oxygens (including phenoxy) is 2. The smallest absolute Gasteiger partial charge is 0.341 e. The molecule has 9 nitrogen and oxygen atoms in total. The van der Waals surface area contributed by atoms with E-state index in [2.05, 4.69) is 20.4 Å². The fraction of sp³-hybridized carbons (Fsp3) is 0.240. The van der Waals surface area contributed by atoms with Gasteiger partial charge in [-0.25, -0.2) is 4.79 Å².